The summed E-state index contributed by atoms with van der Waals surface area (Å²) >= 11 is 3.70. The van der Waals surface area contributed by atoms with Crippen molar-refractivity contribution in [1.29, 1.82) is 0 Å². The van der Waals surface area contributed by atoms with Crippen molar-refractivity contribution in [3.63, 3.8) is 0 Å². The van der Waals surface area contributed by atoms with Crippen LogP contribution in [0.2, 0.25) is 0 Å². The van der Waals surface area contributed by atoms with Gasteiger partial charge in [-0.3, -0.25) is 0 Å². The molecule has 0 fully saturated rings. The minimum atomic E-state index is -3.06. The molecule has 0 aliphatic heterocycles. The fourth-order valence-electron chi connectivity index (χ4n) is 5.31. The van der Waals surface area contributed by atoms with Crippen molar-refractivity contribution in [3.05, 3.63) is 157 Å². The Morgan fingerprint density at radius 2 is 1.19 bits per heavy atom. The van der Waals surface area contributed by atoms with Gasteiger partial charge in [0.1, 0.15) is 0 Å². The molecule has 0 unspecified atom stereocenters. The van der Waals surface area contributed by atoms with E-state index in [-0.39, 0.29) is 27.8 Å². The Bertz CT molecular complexity index is 1980. The van der Waals surface area contributed by atoms with Gasteiger partial charge in [-0.1, -0.05) is 130 Å². The molecular weight excluding hydrogens is 812 g/mol. The average molecular weight is 847 g/mol. The second-order valence-electron chi connectivity index (χ2n) is 11.9. The maximum atomic E-state index is 14.9. The Balaban J connectivity index is 0.00000125. The van der Waals surface area contributed by atoms with Crippen LogP contribution in [0.3, 0.4) is 0 Å². The van der Waals surface area contributed by atoms with E-state index in [0.29, 0.717) is 0 Å². The van der Waals surface area contributed by atoms with Crippen molar-refractivity contribution >= 4 is 40.4 Å². The maximum absolute atomic E-state index is 14.9. The van der Waals surface area contributed by atoms with E-state index in [9.17, 15) is 4.57 Å². The monoisotopic (exact) mass is 846 g/mol. The molecule has 5 aromatic carbocycles. The summed E-state index contributed by atoms with van der Waals surface area (Å²) in [5.74, 6) is 0.744. The van der Waals surface area contributed by atoms with E-state index in [1.165, 1.54) is 10.7 Å². The van der Waals surface area contributed by atoms with Crippen LogP contribution in [-0.2, 0) is 32.4 Å². The predicted octanol–water partition coefficient (Wildman–Crippen LogP) is 9.28. The maximum Gasteiger partial charge on any atom is 3.00 e. The molecule has 0 radical (unpaired) electrons. The Hall–Kier alpha value is -4.18. The number of methoxy groups -OCH3 is 1. The summed E-state index contributed by atoms with van der Waals surface area (Å²) in [4.78, 5) is 5.04. The number of aromatic nitrogens is 1. The zero-order valence-electron chi connectivity index (χ0n) is 27.1. The van der Waals surface area contributed by atoms with Crippen LogP contribution in [0.4, 0.5) is 0 Å². The van der Waals surface area contributed by atoms with E-state index >= 15 is 0 Å². The van der Waals surface area contributed by atoms with Gasteiger partial charge in [-0.05, 0) is 27.9 Å². The summed E-state index contributed by atoms with van der Waals surface area (Å²) in [7, 11) is -1.42. The first-order valence-corrected chi connectivity index (χ1v) is 17.2. The zero-order valence-corrected chi connectivity index (χ0v) is 30.9. The zero-order chi connectivity index (χ0) is 33.4. The number of hydrogen-bond donors (Lipinski definition) is 0. The van der Waals surface area contributed by atoms with Crippen molar-refractivity contribution in [3.8, 4) is 39.4 Å². The third kappa shape index (κ3) is 8.27. The third-order valence-corrected chi connectivity index (χ3v) is 11.0. The summed E-state index contributed by atoms with van der Waals surface area (Å²) < 4.78 is 20.2. The van der Waals surface area contributed by atoms with E-state index in [1.807, 2.05) is 91.0 Å². The van der Waals surface area contributed by atoms with Crippen LogP contribution < -0.4 is 20.7 Å². The van der Waals surface area contributed by atoms with Crippen LogP contribution in [0.15, 0.2) is 133 Å². The number of pyridine rings is 1. The number of nitrogens with zero attached hydrogens (tertiary/aromatic N) is 2. The third-order valence-electron chi connectivity index (χ3n) is 7.88. The molecule has 0 N–H and O–H groups in total. The van der Waals surface area contributed by atoms with E-state index < -0.39 is 7.14 Å². The normalized spacial score (nSPS) is 10.9. The number of isothiocyanates is 1. The second-order valence-corrected chi connectivity index (χ2v) is 14.9. The molecule has 0 spiro atoms. The molecule has 48 heavy (non-hydrogen) atoms. The molecule has 4 nitrogen and oxygen atoms in total. The molecule has 0 bridgehead atoms. The first-order chi connectivity index (χ1) is 22.7. The SMILES string of the molecule is COc1c[c-]c(-c2cc(-c3ccc(P(=O)(c4ccccc4)c4ccccc4)cc3)cc(-c3[c-]cc(C(C)(C)C)cc3)n2)cc1.[Au+3].[N-]=C=S. The van der Waals surface area contributed by atoms with Gasteiger partial charge < -0.3 is 19.7 Å². The van der Waals surface area contributed by atoms with Gasteiger partial charge in [0.15, 0.2) is 7.14 Å². The Kier molecular flexibility index (Phi) is 12.4. The number of hydrogen-bond acceptors (Lipinski definition) is 4. The largest absolute Gasteiger partial charge is 3.00 e. The molecule has 0 amide bonds. The molecule has 0 atom stereocenters. The predicted molar refractivity (Wildman–Crippen MR) is 199 cm³/mol. The van der Waals surface area contributed by atoms with Crippen molar-refractivity contribution in [1.82, 2.24) is 4.98 Å². The molecule has 1 heterocycles. The Labute approximate surface area is 304 Å². The van der Waals surface area contributed by atoms with Crippen LogP contribution >= 0.6 is 19.4 Å². The summed E-state index contributed by atoms with van der Waals surface area (Å²) in [5.41, 5.74) is 6.68. The molecule has 6 aromatic rings. The summed E-state index contributed by atoms with van der Waals surface area (Å²) in [6, 6.07) is 50.6. The van der Waals surface area contributed by atoms with Crippen molar-refractivity contribution in [2.24, 2.45) is 0 Å². The molecule has 0 aliphatic rings. The number of ether oxygens (including phenoxy) is 1. The van der Waals surface area contributed by atoms with Crippen molar-refractivity contribution in [2.45, 2.75) is 26.2 Å². The van der Waals surface area contributed by atoms with Gasteiger partial charge in [-0.2, -0.15) is 5.16 Å². The molecule has 0 saturated carbocycles. The second kappa shape index (κ2) is 16.3. The molecule has 1 aromatic heterocycles. The van der Waals surface area contributed by atoms with Gasteiger partial charge in [-0.15, -0.1) is 65.2 Å². The van der Waals surface area contributed by atoms with Gasteiger partial charge in [0.05, 0.1) is 7.11 Å². The Morgan fingerprint density at radius 1 is 0.708 bits per heavy atom. The average Bonchev–Trinajstić information content (AvgIpc) is 3.12. The van der Waals surface area contributed by atoms with Crippen LogP contribution in [-0.4, -0.2) is 17.3 Å². The van der Waals surface area contributed by atoms with Crippen molar-refractivity contribution in [2.75, 3.05) is 7.11 Å². The van der Waals surface area contributed by atoms with E-state index in [0.717, 1.165) is 55.3 Å². The van der Waals surface area contributed by atoms with Gasteiger partial charge in [-0.25, -0.2) is 0 Å². The van der Waals surface area contributed by atoms with Crippen LogP contribution in [0.1, 0.15) is 26.3 Å². The Morgan fingerprint density at radius 3 is 1.60 bits per heavy atom. The first-order valence-electron chi connectivity index (χ1n) is 15.1. The molecule has 0 aliphatic carbocycles. The van der Waals surface area contributed by atoms with Crippen LogP contribution in [0.25, 0.3) is 39.1 Å². The molecular formula is C41H34AuN2O2PS. The summed E-state index contributed by atoms with van der Waals surface area (Å²) in [5, 5.41) is 10.9. The van der Waals surface area contributed by atoms with E-state index in [1.54, 1.807) is 7.11 Å². The summed E-state index contributed by atoms with van der Waals surface area (Å²) in [6.07, 6.45) is 0. The summed E-state index contributed by atoms with van der Waals surface area (Å²) in [6.45, 7) is 6.60. The molecule has 242 valence electrons. The van der Waals surface area contributed by atoms with Gasteiger partial charge >= 0.3 is 22.4 Å². The molecule has 0 saturated heterocycles. The quantitative estimate of drug-likeness (QED) is 0.0529. The van der Waals surface area contributed by atoms with Crippen LogP contribution in [0.5, 0.6) is 5.75 Å². The van der Waals surface area contributed by atoms with E-state index in [4.69, 9.17) is 15.1 Å². The topological polar surface area (TPSA) is 61.5 Å². The smallest absolute Gasteiger partial charge is 0.753 e. The van der Waals surface area contributed by atoms with Gasteiger partial charge in [0.25, 0.3) is 0 Å². The standard InChI is InChI=1S/C40H34NO2P.CNS.Au/c1-40(2,3)33-21-15-30(16-22-33)38-27-32(28-39(41-38)31-17-23-34(43-4)24-18-31)29-19-25-37(26-20-29)44(42,35-11-7-5-8-12-35)36-13-9-6-10-14-36;2-1-3;/h5-15,17,19-28H,1-4H3;;/q-2;-1;+3. The molecule has 6 rings (SSSR count). The fraction of sp³-hybridized carbons (Fsp3) is 0.122. The molecule has 7 heteroatoms. The number of thiocarbonyl (C=S) groups is 1. The number of benzene rings is 5. The fourth-order valence-corrected chi connectivity index (χ4v) is 7.95. The minimum Gasteiger partial charge on any atom is -0.753 e. The number of rotatable bonds is 7. The minimum absolute atomic E-state index is 0. The van der Waals surface area contributed by atoms with Gasteiger partial charge in [0.2, 0.25) is 0 Å². The first kappa shape index (κ1) is 36.7. The van der Waals surface area contributed by atoms with Crippen molar-refractivity contribution < 1.29 is 31.7 Å². The van der Waals surface area contributed by atoms with Crippen LogP contribution in [0, 0.1) is 12.1 Å². The van der Waals surface area contributed by atoms with E-state index in [2.05, 4.69) is 87.6 Å². The van der Waals surface area contributed by atoms with Gasteiger partial charge in [0, 0.05) is 21.7 Å².